The molecule has 0 aliphatic carbocycles. The number of benzene rings is 1. The summed E-state index contributed by atoms with van der Waals surface area (Å²) in [5.74, 6) is 0.771. The monoisotopic (exact) mass is 262 g/mol. The van der Waals surface area contributed by atoms with Crippen LogP contribution in [0.2, 0.25) is 0 Å². The molecule has 4 nitrogen and oxygen atoms in total. The number of nitrogens with two attached hydrogens (primary N) is 1. The molecular weight excluding hydrogens is 240 g/mol. The maximum atomic E-state index is 12.1. The van der Waals surface area contributed by atoms with Gasteiger partial charge in [-0.15, -0.1) is 0 Å². The highest BCUT2D eigenvalue weighted by Crippen LogP contribution is 2.28. The van der Waals surface area contributed by atoms with E-state index in [9.17, 15) is 4.79 Å². The third-order valence-electron chi connectivity index (χ3n) is 3.72. The summed E-state index contributed by atoms with van der Waals surface area (Å²) in [4.78, 5) is 14.1. The van der Waals surface area contributed by atoms with Crippen LogP contribution in [0.25, 0.3) is 0 Å². The lowest BCUT2D eigenvalue weighted by Crippen LogP contribution is -2.44. The fourth-order valence-electron chi connectivity index (χ4n) is 2.51. The van der Waals surface area contributed by atoms with Gasteiger partial charge in [-0.25, -0.2) is 0 Å². The van der Waals surface area contributed by atoms with E-state index in [2.05, 4.69) is 13.8 Å². The Morgan fingerprint density at radius 1 is 1.37 bits per heavy atom. The molecule has 1 heterocycles. The van der Waals surface area contributed by atoms with E-state index >= 15 is 0 Å². The SMILES string of the molecule is CC1(C)CCCN1C(=O)COc1ccc(CN)cc1. The van der Waals surface area contributed by atoms with Crippen LogP contribution in [0.1, 0.15) is 32.3 Å². The first kappa shape index (κ1) is 13.9. The van der Waals surface area contributed by atoms with Gasteiger partial charge < -0.3 is 15.4 Å². The average Bonchev–Trinajstić information content (AvgIpc) is 2.76. The van der Waals surface area contributed by atoms with E-state index in [0.717, 1.165) is 24.9 Å². The van der Waals surface area contributed by atoms with Crippen molar-refractivity contribution in [3.63, 3.8) is 0 Å². The number of amides is 1. The Hall–Kier alpha value is -1.55. The van der Waals surface area contributed by atoms with Gasteiger partial charge in [0.25, 0.3) is 5.91 Å². The lowest BCUT2D eigenvalue weighted by atomic mass is 10.0. The standard InChI is InChI=1S/C15H22N2O2/c1-15(2)8-3-9-17(15)14(18)11-19-13-6-4-12(10-16)5-7-13/h4-7H,3,8-11,16H2,1-2H3. The first-order chi connectivity index (χ1) is 9.03. The van der Waals surface area contributed by atoms with Crippen molar-refractivity contribution in [1.29, 1.82) is 0 Å². The number of carbonyl (C=O) groups is 1. The average molecular weight is 262 g/mol. The summed E-state index contributed by atoms with van der Waals surface area (Å²) in [6.07, 6.45) is 2.13. The van der Waals surface area contributed by atoms with Gasteiger partial charge in [0.05, 0.1) is 0 Å². The number of likely N-dealkylation sites (tertiary alicyclic amines) is 1. The van der Waals surface area contributed by atoms with Crippen LogP contribution in [0.15, 0.2) is 24.3 Å². The van der Waals surface area contributed by atoms with Crippen molar-refractivity contribution >= 4 is 5.91 Å². The summed E-state index contributed by atoms with van der Waals surface area (Å²) in [5, 5.41) is 0. The van der Waals surface area contributed by atoms with Crippen molar-refractivity contribution in [2.75, 3.05) is 13.2 Å². The largest absolute Gasteiger partial charge is 0.484 e. The van der Waals surface area contributed by atoms with Gasteiger partial charge in [0.2, 0.25) is 0 Å². The van der Waals surface area contributed by atoms with E-state index < -0.39 is 0 Å². The van der Waals surface area contributed by atoms with E-state index in [1.54, 1.807) is 0 Å². The van der Waals surface area contributed by atoms with Crippen molar-refractivity contribution in [3.8, 4) is 5.75 Å². The lowest BCUT2D eigenvalue weighted by molar-refractivity contribution is -0.136. The van der Waals surface area contributed by atoms with Crippen LogP contribution in [0.3, 0.4) is 0 Å². The Bertz CT molecular complexity index is 440. The van der Waals surface area contributed by atoms with Gasteiger partial charge in [-0.05, 0) is 44.4 Å². The lowest BCUT2D eigenvalue weighted by Gasteiger charge is -2.31. The highest BCUT2D eigenvalue weighted by Gasteiger charge is 2.35. The molecule has 1 aliphatic heterocycles. The highest BCUT2D eigenvalue weighted by molar-refractivity contribution is 5.78. The van der Waals surface area contributed by atoms with Crippen LogP contribution in [-0.2, 0) is 11.3 Å². The molecule has 0 atom stereocenters. The fourth-order valence-corrected chi connectivity index (χ4v) is 2.51. The second kappa shape index (κ2) is 5.61. The summed E-state index contributed by atoms with van der Waals surface area (Å²) < 4.78 is 5.54. The number of nitrogens with zero attached hydrogens (tertiary/aromatic N) is 1. The first-order valence-corrected chi connectivity index (χ1v) is 6.75. The molecule has 4 heteroatoms. The molecule has 1 saturated heterocycles. The minimum Gasteiger partial charge on any atom is -0.484 e. The molecule has 1 fully saturated rings. The van der Waals surface area contributed by atoms with Crippen molar-refractivity contribution in [3.05, 3.63) is 29.8 Å². The number of hydrogen-bond acceptors (Lipinski definition) is 3. The minimum absolute atomic E-state index is 0.0378. The molecule has 19 heavy (non-hydrogen) atoms. The summed E-state index contributed by atoms with van der Waals surface area (Å²) in [6, 6.07) is 7.54. The van der Waals surface area contributed by atoms with Gasteiger partial charge >= 0.3 is 0 Å². The van der Waals surface area contributed by atoms with Crippen LogP contribution >= 0.6 is 0 Å². The molecule has 1 aliphatic rings. The van der Waals surface area contributed by atoms with Gasteiger partial charge in [0, 0.05) is 18.6 Å². The Kier molecular flexibility index (Phi) is 4.10. The first-order valence-electron chi connectivity index (χ1n) is 6.75. The molecule has 0 radical (unpaired) electrons. The van der Waals surface area contributed by atoms with Crippen LogP contribution in [0, 0.1) is 0 Å². The summed E-state index contributed by atoms with van der Waals surface area (Å²) in [5.41, 5.74) is 6.55. The van der Waals surface area contributed by atoms with Gasteiger partial charge in [-0.2, -0.15) is 0 Å². The molecule has 0 unspecified atom stereocenters. The van der Waals surface area contributed by atoms with Gasteiger partial charge in [-0.3, -0.25) is 4.79 Å². The summed E-state index contributed by atoms with van der Waals surface area (Å²) in [6.45, 7) is 5.66. The van der Waals surface area contributed by atoms with Crippen LogP contribution in [-0.4, -0.2) is 29.5 Å². The zero-order chi connectivity index (χ0) is 13.9. The van der Waals surface area contributed by atoms with Crippen molar-refractivity contribution in [2.45, 2.75) is 38.8 Å². The number of hydrogen-bond donors (Lipinski definition) is 1. The zero-order valence-corrected chi connectivity index (χ0v) is 11.7. The van der Waals surface area contributed by atoms with E-state index in [1.165, 1.54) is 0 Å². The van der Waals surface area contributed by atoms with Crippen molar-refractivity contribution in [2.24, 2.45) is 5.73 Å². The van der Waals surface area contributed by atoms with Gasteiger partial charge in [0.1, 0.15) is 5.75 Å². The normalized spacial score (nSPS) is 17.5. The highest BCUT2D eigenvalue weighted by atomic mass is 16.5. The third-order valence-corrected chi connectivity index (χ3v) is 3.72. The zero-order valence-electron chi connectivity index (χ0n) is 11.7. The number of ether oxygens (including phenoxy) is 1. The Morgan fingerprint density at radius 2 is 2.05 bits per heavy atom. The third kappa shape index (κ3) is 3.26. The fraction of sp³-hybridized carbons (Fsp3) is 0.533. The molecule has 104 valence electrons. The minimum atomic E-state index is -0.0378. The smallest absolute Gasteiger partial charge is 0.260 e. The molecule has 0 spiro atoms. The number of rotatable bonds is 4. The Labute approximate surface area is 114 Å². The van der Waals surface area contributed by atoms with E-state index in [4.69, 9.17) is 10.5 Å². The second-order valence-electron chi connectivity index (χ2n) is 5.60. The molecule has 1 aromatic rings. The quantitative estimate of drug-likeness (QED) is 0.902. The number of carbonyl (C=O) groups excluding carboxylic acids is 1. The van der Waals surface area contributed by atoms with Crippen LogP contribution in [0.4, 0.5) is 0 Å². The van der Waals surface area contributed by atoms with Gasteiger partial charge in [0.15, 0.2) is 6.61 Å². The molecule has 1 aromatic carbocycles. The maximum absolute atomic E-state index is 12.1. The molecule has 1 amide bonds. The molecule has 0 aromatic heterocycles. The summed E-state index contributed by atoms with van der Waals surface area (Å²) >= 11 is 0. The predicted molar refractivity (Wildman–Crippen MR) is 74.9 cm³/mol. The van der Waals surface area contributed by atoms with E-state index in [0.29, 0.717) is 12.3 Å². The molecule has 0 saturated carbocycles. The van der Waals surface area contributed by atoms with E-state index in [-0.39, 0.29) is 18.1 Å². The van der Waals surface area contributed by atoms with Crippen LogP contribution < -0.4 is 10.5 Å². The molecule has 2 rings (SSSR count). The maximum Gasteiger partial charge on any atom is 0.260 e. The molecule has 0 bridgehead atoms. The van der Waals surface area contributed by atoms with Crippen molar-refractivity contribution in [1.82, 2.24) is 4.90 Å². The molecular formula is C15H22N2O2. The van der Waals surface area contributed by atoms with Gasteiger partial charge in [-0.1, -0.05) is 12.1 Å². The van der Waals surface area contributed by atoms with Crippen LogP contribution in [0.5, 0.6) is 5.75 Å². The summed E-state index contributed by atoms with van der Waals surface area (Å²) in [7, 11) is 0. The Balaban J connectivity index is 1.89. The predicted octanol–water partition coefficient (Wildman–Crippen LogP) is 1.93. The second-order valence-corrected chi connectivity index (χ2v) is 5.60. The topological polar surface area (TPSA) is 55.6 Å². The van der Waals surface area contributed by atoms with E-state index in [1.807, 2.05) is 29.2 Å². The molecule has 2 N–H and O–H groups in total. The Morgan fingerprint density at radius 3 is 2.58 bits per heavy atom. The van der Waals surface area contributed by atoms with Crippen molar-refractivity contribution < 1.29 is 9.53 Å².